The third-order valence-corrected chi connectivity index (χ3v) is 7.48. The maximum Gasteiger partial charge on any atom is 0.243 e. The lowest BCUT2D eigenvalue weighted by Gasteiger charge is -2.30. The molecule has 1 aromatic heterocycles. The van der Waals surface area contributed by atoms with Gasteiger partial charge in [-0.25, -0.2) is 17.8 Å². The van der Waals surface area contributed by atoms with Crippen LogP contribution in [0.3, 0.4) is 0 Å². The molecule has 0 spiro atoms. The summed E-state index contributed by atoms with van der Waals surface area (Å²) in [4.78, 5) is 16.9. The van der Waals surface area contributed by atoms with Gasteiger partial charge in [-0.05, 0) is 67.4 Å². The maximum atomic E-state index is 13.1. The second kappa shape index (κ2) is 9.86. The number of amides is 1. The van der Waals surface area contributed by atoms with Crippen LogP contribution in [0.25, 0.3) is 0 Å². The first-order chi connectivity index (χ1) is 15.8. The van der Waals surface area contributed by atoms with Crippen molar-refractivity contribution in [2.45, 2.75) is 17.7 Å². The second-order valence-corrected chi connectivity index (χ2v) is 9.94. The van der Waals surface area contributed by atoms with Crippen molar-refractivity contribution in [3.8, 4) is 11.6 Å². The first kappa shape index (κ1) is 23.2. The molecule has 0 bridgehead atoms. The lowest BCUT2D eigenvalue weighted by molar-refractivity contribution is -0.120. The van der Waals surface area contributed by atoms with Crippen LogP contribution in [0.2, 0.25) is 5.02 Å². The number of nitrogens with one attached hydrogen (secondary N) is 1. The predicted molar refractivity (Wildman–Crippen MR) is 122 cm³/mol. The van der Waals surface area contributed by atoms with Crippen LogP contribution in [0, 0.1) is 11.7 Å². The monoisotopic (exact) mass is 489 g/mol. The van der Waals surface area contributed by atoms with E-state index >= 15 is 0 Å². The summed E-state index contributed by atoms with van der Waals surface area (Å²) in [5, 5.41) is 3.42. The van der Waals surface area contributed by atoms with Crippen molar-refractivity contribution in [2.75, 3.05) is 18.4 Å². The largest absolute Gasteiger partial charge is 0.439 e. The molecule has 1 N–H and O–H groups in total. The third-order valence-electron chi connectivity index (χ3n) is 5.32. The number of benzene rings is 2. The molecule has 172 valence electrons. The van der Waals surface area contributed by atoms with E-state index < -0.39 is 15.8 Å². The molecule has 0 unspecified atom stereocenters. The number of sulfonamides is 1. The maximum absolute atomic E-state index is 13.1. The van der Waals surface area contributed by atoms with E-state index in [9.17, 15) is 17.6 Å². The van der Waals surface area contributed by atoms with Gasteiger partial charge in [0.05, 0.1) is 16.8 Å². The molecule has 2 heterocycles. The summed E-state index contributed by atoms with van der Waals surface area (Å²) in [6, 6.07) is 14.9. The van der Waals surface area contributed by atoms with Crippen molar-refractivity contribution in [3.05, 3.63) is 77.7 Å². The minimum Gasteiger partial charge on any atom is -0.439 e. The van der Waals surface area contributed by atoms with Crippen molar-refractivity contribution in [1.29, 1.82) is 0 Å². The summed E-state index contributed by atoms with van der Waals surface area (Å²) in [7, 11) is -3.72. The SMILES string of the molecule is O=C(Nc1ccc(Oc2ccc(Cl)cc2)nc1)C1CCN(S(=O)(=O)c2ccc(F)cc2)CC1. The van der Waals surface area contributed by atoms with E-state index in [0.29, 0.717) is 35.2 Å². The average Bonchev–Trinajstić information content (AvgIpc) is 2.82. The van der Waals surface area contributed by atoms with Crippen LogP contribution >= 0.6 is 11.6 Å². The molecule has 4 rings (SSSR count). The van der Waals surface area contributed by atoms with Crippen molar-refractivity contribution in [2.24, 2.45) is 5.92 Å². The fraction of sp³-hybridized carbons (Fsp3) is 0.217. The highest BCUT2D eigenvalue weighted by Gasteiger charge is 2.32. The number of nitrogens with zero attached hydrogens (tertiary/aromatic N) is 2. The van der Waals surface area contributed by atoms with E-state index in [-0.39, 0.29) is 29.8 Å². The minimum absolute atomic E-state index is 0.0405. The summed E-state index contributed by atoms with van der Waals surface area (Å²) >= 11 is 5.86. The van der Waals surface area contributed by atoms with E-state index in [1.54, 1.807) is 36.4 Å². The van der Waals surface area contributed by atoms with Gasteiger partial charge in [0.1, 0.15) is 11.6 Å². The summed E-state index contributed by atoms with van der Waals surface area (Å²) in [6.07, 6.45) is 2.27. The molecule has 1 saturated heterocycles. The lowest BCUT2D eigenvalue weighted by Crippen LogP contribution is -2.41. The lowest BCUT2D eigenvalue weighted by atomic mass is 9.97. The molecule has 33 heavy (non-hydrogen) atoms. The molecule has 0 radical (unpaired) electrons. The van der Waals surface area contributed by atoms with Crippen molar-refractivity contribution in [1.82, 2.24) is 9.29 Å². The first-order valence-corrected chi connectivity index (χ1v) is 12.1. The highest BCUT2D eigenvalue weighted by Crippen LogP contribution is 2.26. The Hall–Kier alpha value is -3.01. The summed E-state index contributed by atoms with van der Waals surface area (Å²) in [5.74, 6) is -0.0549. The molecule has 0 saturated carbocycles. The number of pyridine rings is 1. The number of rotatable bonds is 6. The zero-order chi connectivity index (χ0) is 23.4. The number of hydrogen-bond acceptors (Lipinski definition) is 5. The van der Waals surface area contributed by atoms with Crippen molar-refractivity contribution < 1.29 is 22.3 Å². The Kier molecular flexibility index (Phi) is 6.92. The number of hydrogen-bond donors (Lipinski definition) is 1. The number of ether oxygens (including phenoxy) is 1. The van der Waals surface area contributed by atoms with Crippen LogP contribution in [0.5, 0.6) is 11.6 Å². The topological polar surface area (TPSA) is 88.6 Å². The summed E-state index contributed by atoms with van der Waals surface area (Å²) < 4.78 is 45.5. The van der Waals surface area contributed by atoms with Crippen molar-refractivity contribution in [3.63, 3.8) is 0 Å². The van der Waals surface area contributed by atoms with Gasteiger partial charge in [0.15, 0.2) is 0 Å². The molecule has 1 amide bonds. The second-order valence-electron chi connectivity index (χ2n) is 7.56. The average molecular weight is 490 g/mol. The number of piperidine rings is 1. The Labute approximate surface area is 196 Å². The van der Waals surface area contributed by atoms with Crippen LogP contribution < -0.4 is 10.1 Å². The molecule has 10 heteroatoms. The van der Waals surface area contributed by atoms with Crippen LogP contribution in [0.1, 0.15) is 12.8 Å². The quantitative estimate of drug-likeness (QED) is 0.542. The molecule has 2 aromatic carbocycles. The van der Waals surface area contributed by atoms with Crippen LogP contribution in [-0.4, -0.2) is 36.7 Å². The minimum atomic E-state index is -3.72. The Morgan fingerprint density at radius 2 is 1.70 bits per heavy atom. The standard InChI is InChI=1S/C23H21ClFN3O4S/c24-17-1-6-20(7-2-17)32-22-10-5-19(15-26-22)27-23(29)16-11-13-28(14-12-16)33(30,31)21-8-3-18(25)4-9-21/h1-10,15-16H,11-14H2,(H,27,29). The van der Waals surface area contributed by atoms with Gasteiger partial charge in [-0.15, -0.1) is 0 Å². The molecular formula is C23H21ClFN3O4S. The highest BCUT2D eigenvalue weighted by molar-refractivity contribution is 7.89. The van der Waals surface area contributed by atoms with E-state index in [4.69, 9.17) is 16.3 Å². The Balaban J connectivity index is 1.31. The van der Waals surface area contributed by atoms with Gasteiger partial charge < -0.3 is 10.1 Å². The number of anilines is 1. The molecule has 0 aliphatic carbocycles. The molecule has 1 aliphatic rings. The molecular weight excluding hydrogens is 469 g/mol. The van der Waals surface area contributed by atoms with Gasteiger partial charge in [-0.2, -0.15) is 4.31 Å². The Morgan fingerprint density at radius 3 is 2.30 bits per heavy atom. The normalized spacial score (nSPS) is 15.2. The molecule has 1 aliphatic heterocycles. The van der Waals surface area contributed by atoms with Gasteiger partial charge >= 0.3 is 0 Å². The Morgan fingerprint density at radius 1 is 1.03 bits per heavy atom. The number of halogens is 2. The summed E-state index contributed by atoms with van der Waals surface area (Å²) in [6.45, 7) is 0.424. The zero-order valence-electron chi connectivity index (χ0n) is 17.4. The molecule has 7 nitrogen and oxygen atoms in total. The van der Waals surface area contributed by atoms with Gasteiger partial charge in [-0.3, -0.25) is 4.79 Å². The fourth-order valence-electron chi connectivity index (χ4n) is 3.50. The van der Waals surface area contributed by atoms with E-state index in [1.165, 1.54) is 22.6 Å². The van der Waals surface area contributed by atoms with E-state index in [2.05, 4.69) is 10.3 Å². The molecule has 1 fully saturated rings. The van der Waals surface area contributed by atoms with Gasteiger partial charge in [0, 0.05) is 30.1 Å². The number of carbonyl (C=O) groups excluding carboxylic acids is 1. The third kappa shape index (κ3) is 5.68. The van der Waals surface area contributed by atoms with Crippen LogP contribution in [0.15, 0.2) is 71.8 Å². The molecule has 3 aromatic rings. The van der Waals surface area contributed by atoms with E-state index in [0.717, 1.165) is 12.1 Å². The predicted octanol–water partition coefficient (Wildman–Crippen LogP) is 4.71. The fourth-order valence-corrected chi connectivity index (χ4v) is 5.09. The number of aromatic nitrogens is 1. The van der Waals surface area contributed by atoms with Gasteiger partial charge in [-0.1, -0.05) is 11.6 Å². The smallest absolute Gasteiger partial charge is 0.243 e. The zero-order valence-corrected chi connectivity index (χ0v) is 19.0. The first-order valence-electron chi connectivity index (χ1n) is 10.3. The molecule has 0 atom stereocenters. The van der Waals surface area contributed by atoms with E-state index in [1.807, 2.05) is 0 Å². The van der Waals surface area contributed by atoms with Crippen LogP contribution in [0.4, 0.5) is 10.1 Å². The van der Waals surface area contributed by atoms with Crippen LogP contribution in [-0.2, 0) is 14.8 Å². The van der Waals surface area contributed by atoms with Gasteiger partial charge in [0.25, 0.3) is 0 Å². The summed E-state index contributed by atoms with van der Waals surface area (Å²) in [5.41, 5.74) is 0.518. The highest BCUT2D eigenvalue weighted by atomic mass is 35.5. The Bertz CT molecular complexity index is 1210. The van der Waals surface area contributed by atoms with Crippen molar-refractivity contribution >= 4 is 33.2 Å². The van der Waals surface area contributed by atoms with Gasteiger partial charge in [0.2, 0.25) is 21.8 Å². The number of carbonyl (C=O) groups is 1.